The summed E-state index contributed by atoms with van der Waals surface area (Å²) in [5.41, 5.74) is 8.02. The van der Waals surface area contributed by atoms with Crippen LogP contribution in [0.25, 0.3) is 11.1 Å². The molecule has 0 fully saturated rings. The first kappa shape index (κ1) is 21.2. The summed E-state index contributed by atoms with van der Waals surface area (Å²) in [6, 6.07) is 25.2. The first-order valence-corrected chi connectivity index (χ1v) is 11.1. The molecule has 6 nitrogen and oxygen atoms in total. The van der Waals surface area contributed by atoms with Gasteiger partial charge in [0.2, 0.25) is 5.88 Å². The number of hydrogen-bond acceptors (Lipinski definition) is 4. The van der Waals surface area contributed by atoms with Gasteiger partial charge in [0.05, 0.1) is 6.54 Å². The Kier molecular flexibility index (Phi) is 5.62. The van der Waals surface area contributed by atoms with Crippen LogP contribution in [-0.2, 0) is 6.54 Å². The van der Waals surface area contributed by atoms with Gasteiger partial charge in [0, 0.05) is 16.6 Å². The third-order valence-electron chi connectivity index (χ3n) is 5.95. The number of fused-ring (bicyclic) bond motifs is 1. The number of rotatable bonds is 5. The summed E-state index contributed by atoms with van der Waals surface area (Å²) < 4.78 is 8.72. The molecule has 0 radical (unpaired) electrons. The minimum atomic E-state index is -0.535. The standard InChI is InChI=1S/C26H22ClN3O3/c27-20-14-8-7-13-19(20)23-24(31)29(15-21(28)17-9-3-1-4-10-17)26(32)30-22(16-33-25(23)30)18-11-5-2-6-12-18/h1-14,21-22H,15-16,28H2. The maximum atomic E-state index is 13.7. The van der Waals surface area contributed by atoms with Crippen LogP contribution in [0.5, 0.6) is 5.88 Å². The van der Waals surface area contributed by atoms with E-state index in [1.54, 1.807) is 28.8 Å². The monoisotopic (exact) mass is 459 g/mol. The van der Waals surface area contributed by atoms with E-state index in [0.29, 0.717) is 10.6 Å². The summed E-state index contributed by atoms with van der Waals surface area (Å²) in [5, 5.41) is 0.404. The lowest BCUT2D eigenvalue weighted by molar-refractivity contribution is 0.343. The van der Waals surface area contributed by atoms with Crippen LogP contribution in [0.15, 0.2) is 94.5 Å². The Morgan fingerprint density at radius 3 is 2.27 bits per heavy atom. The van der Waals surface area contributed by atoms with Crippen LogP contribution < -0.4 is 21.7 Å². The van der Waals surface area contributed by atoms with Gasteiger partial charge >= 0.3 is 5.69 Å². The average molecular weight is 460 g/mol. The summed E-state index contributed by atoms with van der Waals surface area (Å²) in [6.07, 6.45) is 0. The van der Waals surface area contributed by atoms with E-state index in [4.69, 9.17) is 22.1 Å². The minimum absolute atomic E-state index is 0.0287. The Balaban J connectivity index is 1.73. The molecule has 5 rings (SSSR count). The molecule has 1 aliphatic heterocycles. The van der Waals surface area contributed by atoms with E-state index in [2.05, 4.69) is 0 Å². The van der Waals surface area contributed by atoms with Crippen molar-refractivity contribution in [3.05, 3.63) is 122 Å². The number of hydrogen-bond donors (Lipinski definition) is 1. The normalized spacial score (nSPS) is 15.6. The van der Waals surface area contributed by atoms with E-state index in [-0.39, 0.29) is 30.6 Å². The van der Waals surface area contributed by atoms with E-state index in [0.717, 1.165) is 11.1 Å². The van der Waals surface area contributed by atoms with Gasteiger partial charge in [-0.3, -0.25) is 13.9 Å². The second-order valence-corrected chi connectivity index (χ2v) is 8.39. The summed E-state index contributed by atoms with van der Waals surface area (Å²) in [4.78, 5) is 27.3. The predicted octanol–water partition coefficient (Wildman–Crippen LogP) is 4.01. The zero-order chi connectivity index (χ0) is 22.9. The highest BCUT2D eigenvalue weighted by molar-refractivity contribution is 6.33. The molecule has 0 saturated carbocycles. The number of benzene rings is 3. The van der Waals surface area contributed by atoms with Crippen molar-refractivity contribution in [2.24, 2.45) is 5.73 Å². The molecular formula is C26H22ClN3O3. The van der Waals surface area contributed by atoms with Crippen LogP contribution in [-0.4, -0.2) is 15.7 Å². The molecule has 0 aliphatic carbocycles. The van der Waals surface area contributed by atoms with Gasteiger partial charge in [-0.05, 0) is 17.2 Å². The van der Waals surface area contributed by atoms with Crippen molar-refractivity contribution >= 4 is 11.6 Å². The molecule has 2 atom stereocenters. The molecule has 0 amide bonds. The van der Waals surface area contributed by atoms with Crippen molar-refractivity contribution < 1.29 is 4.74 Å². The molecule has 0 saturated heterocycles. The van der Waals surface area contributed by atoms with Gasteiger partial charge in [-0.2, -0.15) is 0 Å². The summed E-state index contributed by atoms with van der Waals surface area (Å²) in [6.45, 7) is 0.270. The second-order valence-electron chi connectivity index (χ2n) is 7.98. The number of nitrogens with two attached hydrogens (primary N) is 1. The fourth-order valence-corrected chi connectivity index (χ4v) is 4.51. The van der Waals surface area contributed by atoms with Crippen LogP contribution in [0.4, 0.5) is 0 Å². The molecule has 33 heavy (non-hydrogen) atoms. The Morgan fingerprint density at radius 2 is 1.58 bits per heavy atom. The third kappa shape index (κ3) is 3.77. The van der Waals surface area contributed by atoms with Gasteiger partial charge in [-0.25, -0.2) is 4.79 Å². The maximum absolute atomic E-state index is 13.7. The van der Waals surface area contributed by atoms with E-state index in [1.807, 2.05) is 60.7 Å². The number of nitrogens with zero attached hydrogens (tertiary/aromatic N) is 2. The van der Waals surface area contributed by atoms with Gasteiger partial charge in [0.1, 0.15) is 18.2 Å². The van der Waals surface area contributed by atoms with E-state index < -0.39 is 17.3 Å². The van der Waals surface area contributed by atoms with E-state index >= 15 is 0 Å². The average Bonchev–Trinajstić information content (AvgIpc) is 3.29. The smallest absolute Gasteiger partial charge is 0.334 e. The third-order valence-corrected chi connectivity index (χ3v) is 6.28. The summed E-state index contributed by atoms with van der Waals surface area (Å²) in [5.74, 6) is 0.233. The van der Waals surface area contributed by atoms with Crippen molar-refractivity contribution in [1.29, 1.82) is 0 Å². The maximum Gasteiger partial charge on any atom is 0.334 e. The van der Waals surface area contributed by atoms with Crippen molar-refractivity contribution in [2.45, 2.75) is 18.6 Å². The van der Waals surface area contributed by atoms with Crippen molar-refractivity contribution in [3.63, 3.8) is 0 Å². The van der Waals surface area contributed by atoms with Crippen LogP contribution >= 0.6 is 11.6 Å². The molecule has 1 aromatic heterocycles. The highest BCUT2D eigenvalue weighted by Gasteiger charge is 2.33. The van der Waals surface area contributed by atoms with Crippen LogP contribution in [0.1, 0.15) is 23.2 Å². The predicted molar refractivity (Wildman–Crippen MR) is 129 cm³/mol. The Bertz CT molecular complexity index is 1410. The van der Waals surface area contributed by atoms with Crippen molar-refractivity contribution in [3.8, 4) is 17.0 Å². The quantitative estimate of drug-likeness (QED) is 0.489. The largest absolute Gasteiger partial charge is 0.476 e. The molecule has 1 aliphatic rings. The summed E-state index contributed by atoms with van der Waals surface area (Å²) >= 11 is 6.46. The minimum Gasteiger partial charge on any atom is -0.476 e. The fraction of sp³-hybridized carbons (Fsp3) is 0.154. The van der Waals surface area contributed by atoms with E-state index in [1.165, 1.54) is 4.57 Å². The zero-order valence-electron chi connectivity index (χ0n) is 17.7. The summed E-state index contributed by atoms with van der Waals surface area (Å²) in [7, 11) is 0. The first-order chi connectivity index (χ1) is 16.1. The second kappa shape index (κ2) is 8.73. The zero-order valence-corrected chi connectivity index (χ0v) is 18.5. The van der Waals surface area contributed by atoms with Crippen molar-refractivity contribution in [2.75, 3.05) is 6.61 Å². The lowest BCUT2D eigenvalue weighted by atomic mass is 10.1. The highest BCUT2D eigenvalue weighted by Crippen LogP contribution is 2.37. The molecule has 2 N–H and O–H groups in total. The molecule has 0 bridgehead atoms. The molecule has 7 heteroatoms. The molecule has 3 aromatic carbocycles. The Morgan fingerprint density at radius 1 is 0.939 bits per heavy atom. The lowest BCUT2D eigenvalue weighted by Gasteiger charge is -2.19. The number of aromatic nitrogens is 2. The Hall–Kier alpha value is -3.61. The number of halogens is 1. The number of ether oxygens (including phenoxy) is 1. The Labute approximate surface area is 195 Å². The topological polar surface area (TPSA) is 79.2 Å². The molecular weight excluding hydrogens is 438 g/mol. The first-order valence-electron chi connectivity index (χ1n) is 10.7. The van der Waals surface area contributed by atoms with Crippen LogP contribution in [0.3, 0.4) is 0 Å². The van der Waals surface area contributed by atoms with Crippen LogP contribution in [0.2, 0.25) is 5.02 Å². The van der Waals surface area contributed by atoms with E-state index in [9.17, 15) is 9.59 Å². The lowest BCUT2D eigenvalue weighted by Crippen LogP contribution is -2.43. The highest BCUT2D eigenvalue weighted by atomic mass is 35.5. The molecule has 4 aromatic rings. The van der Waals surface area contributed by atoms with Gasteiger partial charge in [-0.1, -0.05) is 90.5 Å². The SMILES string of the molecule is NC(Cn1c(=O)c(-c2ccccc2Cl)c2n(c1=O)C(c1ccccc1)CO2)c1ccccc1. The van der Waals surface area contributed by atoms with Gasteiger partial charge in [-0.15, -0.1) is 0 Å². The molecule has 166 valence electrons. The van der Waals surface area contributed by atoms with Crippen LogP contribution in [0, 0.1) is 0 Å². The van der Waals surface area contributed by atoms with Crippen molar-refractivity contribution in [1.82, 2.24) is 9.13 Å². The molecule has 2 heterocycles. The molecule has 2 unspecified atom stereocenters. The van der Waals surface area contributed by atoms with Gasteiger partial charge < -0.3 is 10.5 Å². The van der Waals surface area contributed by atoms with Gasteiger partial charge in [0.25, 0.3) is 5.56 Å². The molecule has 0 spiro atoms. The fourth-order valence-electron chi connectivity index (χ4n) is 4.28. The van der Waals surface area contributed by atoms with Gasteiger partial charge in [0.15, 0.2) is 0 Å².